The molecule has 0 spiro atoms. The summed E-state index contributed by atoms with van der Waals surface area (Å²) in [7, 11) is 0. The van der Waals surface area contributed by atoms with Gasteiger partial charge in [-0.3, -0.25) is 9.20 Å². The Labute approximate surface area is 122 Å². The number of aromatic nitrogens is 3. The highest BCUT2D eigenvalue weighted by atomic mass is 32.2. The van der Waals surface area contributed by atoms with E-state index in [1.807, 2.05) is 46.3 Å². The van der Waals surface area contributed by atoms with E-state index < -0.39 is 0 Å². The Bertz CT molecular complexity index is 664. The van der Waals surface area contributed by atoms with Gasteiger partial charge in [-0.15, -0.1) is 10.2 Å². The van der Waals surface area contributed by atoms with Crippen molar-refractivity contribution >= 4 is 23.3 Å². The van der Waals surface area contributed by atoms with E-state index in [1.165, 1.54) is 0 Å². The van der Waals surface area contributed by atoms with Crippen LogP contribution in [0.3, 0.4) is 0 Å². The molecule has 106 valence electrons. The van der Waals surface area contributed by atoms with E-state index in [0.717, 1.165) is 30.3 Å². The lowest BCUT2D eigenvalue weighted by molar-refractivity contribution is 0.0747. The summed E-state index contributed by atoms with van der Waals surface area (Å²) in [6.45, 7) is 7.85. The van der Waals surface area contributed by atoms with Crippen LogP contribution in [-0.4, -0.2) is 49.0 Å². The van der Waals surface area contributed by atoms with Gasteiger partial charge in [-0.05, 0) is 32.9 Å². The largest absolute Gasteiger partial charge is 0.336 e. The van der Waals surface area contributed by atoms with Gasteiger partial charge in [0.2, 0.25) is 0 Å². The molecule has 1 saturated heterocycles. The number of amides is 1. The summed E-state index contributed by atoms with van der Waals surface area (Å²) in [5, 5.41) is 8.06. The number of thioether (sulfide) groups is 1. The third-order valence-electron chi connectivity index (χ3n) is 3.53. The van der Waals surface area contributed by atoms with E-state index in [2.05, 4.69) is 24.0 Å². The minimum absolute atomic E-state index is 0.0911. The second-order valence-electron chi connectivity index (χ2n) is 5.73. The van der Waals surface area contributed by atoms with E-state index in [4.69, 9.17) is 0 Å². The maximum Gasteiger partial charge on any atom is 0.255 e. The Morgan fingerprint density at radius 1 is 1.35 bits per heavy atom. The third-order valence-corrected chi connectivity index (χ3v) is 4.83. The second kappa shape index (κ2) is 4.77. The molecule has 0 atom stereocenters. The third kappa shape index (κ3) is 2.40. The van der Waals surface area contributed by atoms with Crippen molar-refractivity contribution in [2.45, 2.75) is 25.5 Å². The standard InChI is InChI=1S/C14H18N4OS/c1-10-15-16-12-5-4-11(8-18(10)12)13(19)17-6-7-20-14(2,3)9-17/h4-5,8H,6-7,9H2,1-3H3. The van der Waals surface area contributed by atoms with Crippen LogP contribution >= 0.6 is 11.8 Å². The first-order valence-corrected chi connectivity index (χ1v) is 7.69. The number of hydrogen-bond donors (Lipinski definition) is 0. The lowest BCUT2D eigenvalue weighted by Crippen LogP contribution is -2.46. The van der Waals surface area contributed by atoms with Gasteiger partial charge in [-0.2, -0.15) is 11.8 Å². The zero-order valence-corrected chi connectivity index (χ0v) is 12.8. The molecule has 5 nitrogen and oxygen atoms in total. The number of carbonyl (C=O) groups excluding carboxylic acids is 1. The average molecular weight is 290 g/mol. The Hall–Kier alpha value is -1.56. The van der Waals surface area contributed by atoms with Gasteiger partial charge in [-0.25, -0.2) is 0 Å². The maximum atomic E-state index is 12.6. The predicted octanol–water partition coefficient (Wildman–Crippen LogP) is 2.01. The molecule has 0 unspecified atom stereocenters. The fourth-order valence-electron chi connectivity index (χ4n) is 2.50. The van der Waals surface area contributed by atoms with Crippen LogP contribution in [-0.2, 0) is 0 Å². The van der Waals surface area contributed by atoms with E-state index in [9.17, 15) is 4.79 Å². The van der Waals surface area contributed by atoms with Crippen LogP contribution < -0.4 is 0 Å². The monoisotopic (exact) mass is 290 g/mol. The summed E-state index contributed by atoms with van der Waals surface area (Å²) >= 11 is 1.92. The van der Waals surface area contributed by atoms with E-state index in [1.54, 1.807) is 0 Å². The van der Waals surface area contributed by atoms with E-state index in [-0.39, 0.29) is 10.7 Å². The van der Waals surface area contributed by atoms with Gasteiger partial charge in [0, 0.05) is 29.8 Å². The highest BCUT2D eigenvalue weighted by Crippen LogP contribution is 2.30. The first-order valence-electron chi connectivity index (χ1n) is 6.71. The van der Waals surface area contributed by atoms with Crippen molar-refractivity contribution in [1.82, 2.24) is 19.5 Å². The van der Waals surface area contributed by atoms with Gasteiger partial charge >= 0.3 is 0 Å². The molecule has 20 heavy (non-hydrogen) atoms. The summed E-state index contributed by atoms with van der Waals surface area (Å²) in [5.41, 5.74) is 1.47. The second-order valence-corrected chi connectivity index (χ2v) is 7.53. The normalized spacial score (nSPS) is 18.4. The SMILES string of the molecule is Cc1nnc2ccc(C(=O)N3CCSC(C)(C)C3)cn12. The number of rotatable bonds is 1. The minimum atomic E-state index is 0.0911. The quantitative estimate of drug-likeness (QED) is 0.806. The highest BCUT2D eigenvalue weighted by Gasteiger charge is 2.30. The Morgan fingerprint density at radius 3 is 2.90 bits per heavy atom. The molecule has 3 heterocycles. The summed E-state index contributed by atoms with van der Waals surface area (Å²) in [5.74, 6) is 1.88. The fraction of sp³-hybridized carbons (Fsp3) is 0.500. The molecule has 0 aromatic carbocycles. The summed E-state index contributed by atoms with van der Waals surface area (Å²) in [6.07, 6.45) is 1.84. The van der Waals surface area contributed by atoms with E-state index >= 15 is 0 Å². The predicted molar refractivity (Wildman–Crippen MR) is 80.2 cm³/mol. The zero-order chi connectivity index (χ0) is 14.3. The zero-order valence-electron chi connectivity index (χ0n) is 12.0. The molecule has 2 aromatic rings. The molecule has 0 saturated carbocycles. The highest BCUT2D eigenvalue weighted by molar-refractivity contribution is 8.00. The Kier molecular flexibility index (Phi) is 3.20. The van der Waals surface area contributed by atoms with Crippen LogP contribution in [0.5, 0.6) is 0 Å². The molecule has 1 aliphatic heterocycles. The lowest BCUT2D eigenvalue weighted by atomic mass is 10.1. The molecule has 1 fully saturated rings. The van der Waals surface area contributed by atoms with Gasteiger partial charge in [0.25, 0.3) is 5.91 Å². The molecule has 0 bridgehead atoms. The first kappa shape index (κ1) is 13.4. The molecule has 0 N–H and O–H groups in total. The van der Waals surface area contributed by atoms with Crippen LogP contribution in [0.4, 0.5) is 0 Å². The minimum Gasteiger partial charge on any atom is -0.336 e. The van der Waals surface area contributed by atoms with Crippen LogP contribution in [0.2, 0.25) is 0 Å². The van der Waals surface area contributed by atoms with Crippen molar-refractivity contribution in [3.63, 3.8) is 0 Å². The number of fused-ring (bicyclic) bond motifs is 1. The number of carbonyl (C=O) groups is 1. The Balaban J connectivity index is 1.90. The molecule has 6 heteroatoms. The van der Waals surface area contributed by atoms with Gasteiger partial charge in [0.05, 0.1) is 5.56 Å². The molecule has 1 aliphatic rings. The number of aryl methyl sites for hydroxylation is 1. The van der Waals surface area contributed by atoms with Crippen molar-refractivity contribution in [2.24, 2.45) is 0 Å². The molecular weight excluding hydrogens is 272 g/mol. The van der Waals surface area contributed by atoms with Gasteiger partial charge in [-0.1, -0.05) is 0 Å². The van der Waals surface area contributed by atoms with Gasteiger partial charge in [0.1, 0.15) is 5.82 Å². The van der Waals surface area contributed by atoms with E-state index in [0.29, 0.717) is 5.56 Å². The molecule has 1 amide bonds. The molecule has 2 aromatic heterocycles. The fourth-order valence-corrected chi connectivity index (χ4v) is 3.62. The average Bonchev–Trinajstić information content (AvgIpc) is 2.78. The maximum absolute atomic E-state index is 12.6. The van der Waals surface area contributed by atoms with Crippen molar-refractivity contribution in [1.29, 1.82) is 0 Å². The van der Waals surface area contributed by atoms with Crippen LogP contribution in [0.25, 0.3) is 5.65 Å². The topological polar surface area (TPSA) is 50.5 Å². The molecule has 3 rings (SSSR count). The molecule has 0 aliphatic carbocycles. The van der Waals surface area contributed by atoms with Crippen LogP contribution in [0, 0.1) is 6.92 Å². The van der Waals surface area contributed by atoms with Crippen molar-refractivity contribution in [3.8, 4) is 0 Å². The summed E-state index contributed by atoms with van der Waals surface area (Å²) in [6, 6.07) is 3.68. The number of pyridine rings is 1. The van der Waals surface area contributed by atoms with Crippen molar-refractivity contribution < 1.29 is 4.79 Å². The smallest absolute Gasteiger partial charge is 0.255 e. The summed E-state index contributed by atoms with van der Waals surface area (Å²) in [4.78, 5) is 14.6. The molecule has 0 radical (unpaired) electrons. The van der Waals surface area contributed by atoms with Crippen molar-refractivity contribution in [3.05, 3.63) is 29.7 Å². The lowest BCUT2D eigenvalue weighted by Gasteiger charge is -2.37. The van der Waals surface area contributed by atoms with Gasteiger partial charge < -0.3 is 4.90 Å². The van der Waals surface area contributed by atoms with Crippen molar-refractivity contribution in [2.75, 3.05) is 18.8 Å². The van der Waals surface area contributed by atoms with Gasteiger partial charge in [0.15, 0.2) is 5.65 Å². The molecular formula is C14H18N4OS. The number of hydrogen-bond acceptors (Lipinski definition) is 4. The first-order chi connectivity index (χ1) is 9.46. The van der Waals surface area contributed by atoms with Crippen LogP contribution in [0.1, 0.15) is 30.0 Å². The number of nitrogens with zero attached hydrogens (tertiary/aromatic N) is 4. The van der Waals surface area contributed by atoms with Crippen LogP contribution in [0.15, 0.2) is 18.3 Å². The Morgan fingerprint density at radius 2 is 2.15 bits per heavy atom. The summed E-state index contributed by atoms with van der Waals surface area (Å²) < 4.78 is 1.99.